The predicted molar refractivity (Wildman–Crippen MR) is 170 cm³/mol. The molecule has 1 aromatic carbocycles. The molecular weight excluding hydrogens is 584 g/mol. The number of rotatable bonds is 5. The van der Waals surface area contributed by atoms with Gasteiger partial charge < -0.3 is 19.5 Å². The van der Waals surface area contributed by atoms with Gasteiger partial charge in [0.2, 0.25) is 5.91 Å². The average molecular weight is 623 g/mol. The number of carbonyl (C=O) groups is 3. The van der Waals surface area contributed by atoms with E-state index in [1.54, 1.807) is 41.8 Å². The minimum atomic E-state index is -0.703. The smallest absolute Gasteiger partial charge is 0.252 e. The van der Waals surface area contributed by atoms with E-state index < -0.39 is 23.6 Å². The summed E-state index contributed by atoms with van der Waals surface area (Å²) in [7, 11) is 0. The third-order valence-electron chi connectivity index (χ3n) is 6.99. The summed E-state index contributed by atoms with van der Waals surface area (Å²) in [6.07, 6.45) is 9.56. The molecule has 1 N–H and O–H groups in total. The van der Waals surface area contributed by atoms with E-state index in [1.807, 2.05) is 10.6 Å². The quantitative estimate of drug-likeness (QED) is 0.516. The van der Waals surface area contributed by atoms with Crippen molar-refractivity contribution in [2.45, 2.75) is 63.1 Å². The molecule has 1 saturated carbocycles. The zero-order chi connectivity index (χ0) is 22.9. The molecule has 214 valence electrons. The lowest BCUT2D eigenvalue weighted by Gasteiger charge is -2.34. The van der Waals surface area contributed by atoms with Crippen LogP contribution in [0.2, 0.25) is 0 Å². The monoisotopic (exact) mass is 622 g/mol. The number of alkyl halides is 1. The molecule has 3 aliphatic rings. The number of halogens is 1. The van der Waals surface area contributed by atoms with Crippen LogP contribution < -0.4 is 5.32 Å². The Morgan fingerprint density at radius 1 is 1.11 bits per heavy atom. The van der Waals surface area contributed by atoms with E-state index in [2.05, 4.69) is 10.3 Å². The minimum absolute atomic E-state index is 0. The maximum atomic E-state index is 13.7. The number of hydrogen-bond acceptors (Lipinski definition) is 5. The zero-order valence-electron chi connectivity index (χ0n) is 20.2. The van der Waals surface area contributed by atoms with Crippen molar-refractivity contribution in [3.05, 3.63) is 48.5 Å². The Morgan fingerprint density at radius 2 is 1.82 bits per heavy atom. The number of ether oxygens (including phenoxy) is 1. The molecule has 2 saturated heterocycles. The van der Waals surface area contributed by atoms with Crippen LogP contribution in [-0.4, -0.2) is 68.8 Å². The van der Waals surface area contributed by atoms with Crippen LogP contribution in [0.15, 0.2) is 43.0 Å². The number of Topliss-reactive ketones (excluding diaryl/α,β-unsaturated/α-hetero) is 1. The molecule has 5 rings (SSSR count). The Morgan fingerprint density at radius 3 is 2.47 bits per heavy atom. The van der Waals surface area contributed by atoms with Crippen LogP contribution in [0.25, 0.3) is 5.69 Å². The SMILES string of the molecule is C.O=C(N[C@H](C(=O)N1C[C@H](Cl)[C@H]2OCC(=O)[C@H]21)C1CCCCC1)c1cccc(-n2ccnc2)c1.S.S.S.S. The first-order valence-electron chi connectivity index (χ1n) is 11.5. The van der Waals surface area contributed by atoms with E-state index in [1.165, 1.54) is 0 Å². The van der Waals surface area contributed by atoms with Gasteiger partial charge >= 0.3 is 0 Å². The molecule has 0 spiro atoms. The summed E-state index contributed by atoms with van der Waals surface area (Å²) in [5.74, 6) is -0.651. The average Bonchev–Trinajstić information content (AvgIpc) is 3.58. The van der Waals surface area contributed by atoms with Crippen molar-refractivity contribution >= 4 is 83.2 Å². The van der Waals surface area contributed by atoms with Crippen LogP contribution in [0.5, 0.6) is 0 Å². The highest BCUT2D eigenvalue weighted by Gasteiger charge is 2.53. The number of benzene rings is 1. The second kappa shape index (κ2) is 16.1. The lowest BCUT2D eigenvalue weighted by molar-refractivity contribution is -0.139. The Balaban J connectivity index is 0.00000274. The van der Waals surface area contributed by atoms with Crippen LogP contribution in [0.4, 0.5) is 0 Å². The molecule has 3 fully saturated rings. The van der Waals surface area contributed by atoms with Crippen molar-refractivity contribution in [2.75, 3.05) is 13.2 Å². The fourth-order valence-electron chi connectivity index (χ4n) is 5.30. The Kier molecular flexibility index (Phi) is 15.5. The lowest BCUT2D eigenvalue weighted by atomic mass is 9.83. The number of nitrogens with zero attached hydrogens (tertiary/aromatic N) is 3. The first kappa shape index (κ1) is 36.7. The second-order valence-corrected chi connectivity index (χ2v) is 9.62. The van der Waals surface area contributed by atoms with Gasteiger partial charge in [-0.15, -0.1) is 11.6 Å². The molecule has 1 aromatic heterocycles. The number of nitrogens with one attached hydrogen (secondary N) is 1. The summed E-state index contributed by atoms with van der Waals surface area (Å²) in [6, 6.07) is 5.83. The number of imidazole rings is 1. The first-order valence-corrected chi connectivity index (χ1v) is 11.9. The van der Waals surface area contributed by atoms with Gasteiger partial charge in [0.15, 0.2) is 5.78 Å². The molecule has 2 amide bonds. The highest BCUT2D eigenvalue weighted by Crippen LogP contribution is 2.34. The van der Waals surface area contributed by atoms with E-state index in [4.69, 9.17) is 16.3 Å². The van der Waals surface area contributed by atoms with Crippen molar-refractivity contribution in [1.82, 2.24) is 19.8 Å². The highest BCUT2D eigenvalue weighted by molar-refractivity contribution is 7.59. The van der Waals surface area contributed by atoms with Crippen molar-refractivity contribution in [1.29, 1.82) is 0 Å². The molecular formula is C25H39ClN4O4S4. The molecule has 0 radical (unpaired) electrons. The van der Waals surface area contributed by atoms with Gasteiger partial charge in [-0.1, -0.05) is 32.8 Å². The van der Waals surface area contributed by atoms with Crippen LogP contribution in [-0.2, 0) is 14.3 Å². The number of hydrogen-bond donors (Lipinski definition) is 1. The third-order valence-corrected chi connectivity index (χ3v) is 7.38. The van der Waals surface area contributed by atoms with E-state index >= 15 is 0 Å². The van der Waals surface area contributed by atoms with Crippen LogP contribution in [0.1, 0.15) is 49.9 Å². The maximum absolute atomic E-state index is 13.7. The third kappa shape index (κ3) is 7.45. The summed E-state index contributed by atoms with van der Waals surface area (Å²) in [6.45, 7) is 0.223. The largest absolute Gasteiger partial charge is 0.366 e. The maximum Gasteiger partial charge on any atom is 0.252 e. The Hall–Kier alpha value is -1.31. The van der Waals surface area contributed by atoms with Gasteiger partial charge in [-0.2, -0.15) is 54.0 Å². The predicted octanol–water partition coefficient (Wildman–Crippen LogP) is 3.42. The minimum Gasteiger partial charge on any atom is -0.366 e. The van der Waals surface area contributed by atoms with E-state index in [0.29, 0.717) is 5.56 Å². The number of fused-ring (bicyclic) bond motifs is 1. The van der Waals surface area contributed by atoms with Gasteiger partial charge in [-0.3, -0.25) is 14.4 Å². The number of amides is 2. The standard InChI is InChI=1S/C24H27ClN4O4.CH4.4H2S/c25-18-12-29(21-19(30)13-33-22(18)21)24(32)20(15-5-2-1-3-6-15)27-23(31)16-7-4-8-17(11-16)28-10-9-26-14-28;;;;;/h4,7-11,14-15,18,20-22H,1-3,5-6,12-13H2,(H,27,31);1H4;4*1H2/t18-,20-,21+,22+;;;;;/m0...../s1. The summed E-state index contributed by atoms with van der Waals surface area (Å²) < 4.78 is 7.35. The van der Waals surface area contributed by atoms with Gasteiger partial charge in [-0.05, 0) is 37.0 Å². The molecule has 8 nitrogen and oxygen atoms in total. The lowest BCUT2D eigenvalue weighted by Crippen LogP contribution is -2.55. The van der Waals surface area contributed by atoms with Gasteiger partial charge in [0, 0.05) is 30.2 Å². The van der Waals surface area contributed by atoms with Crippen molar-refractivity contribution in [2.24, 2.45) is 5.92 Å². The molecule has 3 heterocycles. The number of likely N-dealkylation sites (tertiary alicyclic amines) is 1. The fraction of sp³-hybridized carbons (Fsp3) is 0.520. The van der Waals surface area contributed by atoms with Crippen molar-refractivity contribution in [3.63, 3.8) is 0 Å². The Labute approximate surface area is 257 Å². The van der Waals surface area contributed by atoms with E-state index in [9.17, 15) is 14.4 Å². The first-order chi connectivity index (χ1) is 16.0. The van der Waals surface area contributed by atoms with E-state index in [-0.39, 0.29) is 98.1 Å². The van der Waals surface area contributed by atoms with Gasteiger partial charge in [-0.25, -0.2) is 4.98 Å². The van der Waals surface area contributed by atoms with Crippen LogP contribution in [0.3, 0.4) is 0 Å². The molecule has 2 aromatic rings. The topological polar surface area (TPSA) is 93.5 Å². The van der Waals surface area contributed by atoms with E-state index in [0.717, 1.165) is 37.8 Å². The molecule has 4 atom stereocenters. The van der Waals surface area contributed by atoms with Crippen molar-refractivity contribution in [3.8, 4) is 5.69 Å². The summed E-state index contributed by atoms with van der Waals surface area (Å²) in [4.78, 5) is 45.0. The van der Waals surface area contributed by atoms with Gasteiger partial charge in [0.25, 0.3) is 5.91 Å². The molecule has 1 aliphatic carbocycles. The van der Waals surface area contributed by atoms with Crippen LogP contribution in [0, 0.1) is 5.92 Å². The van der Waals surface area contributed by atoms with Crippen LogP contribution >= 0.6 is 65.6 Å². The zero-order valence-corrected chi connectivity index (χ0v) is 25.0. The molecule has 2 aliphatic heterocycles. The number of carbonyl (C=O) groups excluding carboxylic acids is 3. The summed E-state index contributed by atoms with van der Waals surface area (Å²) >= 11 is 6.41. The molecule has 38 heavy (non-hydrogen) atoms. The normalized spacial score (nSPS) is 22.8. The number of aromatic nitrogens is 2. The molecule has 13 heteroatoms. The summed E-state index contributed by atoms with van der Waals surface area (Å²) in [5.41, 5.74) is 1.27. The number of ketones is 1. The molecule has 0 bridgehead atoms. The second-order valence-electron chi connectivity index (χ2n) is 9.06. The van der Waals surface area contributed by atoms with Gasteiger partial charge in [0.05, 0.1) is 11.7 Å². The van der Waals surface area contributed by atoms with Crippen molar-refractivity contribution < 1.29 is 19.1 Å². The Bertz CT molecular complexity index is 1060. The fourth-order valence-corrected chi connectivity index (χ4v) is 5.65. The summed E-state index contributed by atoms with van der Waals surface area (Å²) in [5, 5.41) is 2.58. The molecule has 0 unspecified atom stereocenters. The van der Waals surface area contributed by atoms with Gasteiger partial charge in [0.1, 0.15) is 24.8 Å². The highest BCUT2D eigenvalue weighted by atomic mass is 35.5.